The highest BCUT2D eigenvalue weighted by Crippen LogP contribution is 2.39. The number of rotatable bonds is 2. The van der Waals surface area contributed by atoms with Crippen molar-refractivity contribution in [2.24, 2.45) is 0 Å². The second kappa shape index (κ2) is 4.46. The maximum Gasteiger partial charge on any atom is 0.163 e. The Hall–Kier alpha value is -1.13. The number of fused-ring (bicyclic) bond motifs is 1. The van der Waals surface area contributed by atoms with Gasteiger partial charge in [0.2, 0.25) is 0 Å². The molecular formula is C15H19FO3. The Balaban J connectivity index is 1.66. The van der Waals surface area contributed by atoms with Gasteiger partial charge in [0.05, 0.1) is 12.2 Å². The van der Waals surface area contributed by atoms with Gasteiger partial charge in [-0.2, -0.15) is 0 Å². The summed E-state index contributed by atoms with van der Waals surface area (Å²) in [6.07, 6.45) is 1.81. The molecule has 104 valence electrons. The lowest BCUT2D eigenvalue weighted by Crippen LogP contribution is -2.25. The molecule has 0 amide bonds. The molecule has 1 aromatic carbocycles. The first-order chi connectivity index (χ1) is 8.93. The topological polar surface area (TPSA) is 27.7 Å². The van der Waals surface area contributed by atoms with Gasteiger partial charge in [-0.15, -0.1) is 0 Å². The summed E-state index contributed by atoms with van der Waals surface area (Å²) in [5, 5.41) is 0. The Morgan fingerprint density at radius 1 is 1.21 bits per heavy atom. The van der Waals surface area contributed by atoms with Crippen molar-refractivity contribution in [1.29, 1.82) is 0 Å². The number of hydrogen-bond acceptors (Lipinski definition) is 3. The Labute approximate surface area is 112 Å². The van der Waals surface area contributed by atoms with Crippen molar-refractivity contribution < 1.29 is 18.6 Å². The van der Waals surface area contributed by atoms with Gasteiger partial charge in [0.25, 0.3) is 0 Å². The Kier molecular flexibility index (Phi) is 3.02. The summed E-state index contributed by atoms with van der Waals surface area (Å²) in [5.74, 6) is -0.147. The van der Waals surface area contributed by atoms with Crippen LogP contribution in [0.2, 0.25) is 0 Å². The molecule has 1 aromatic rings. The van der Waals surface area contributed by atoms with E-state index in [9.17, 15) is 4.39 Å². The van der Waals surface area contributed by atoms with Gasteiger partial charge in [0, 0.05) is 18.9 Å². The van der Waals surface area contributed by atoms with Crippen molar-refractivity contribution in [3.63, 3.8) is 0 Å². The molecule has 0 spiro atoms. The van der Waals surface area contributed by atoms with E-state index in [1.807, 2.05) is 20.8 Å². The van der Waals surface area contributed by atoms with Crippen LogP contribution in [0.1, 0.15) is 32.3 Å². The molecule has 1 aliphatic carbocycles. The molecule has 0 N–H and O–H groups in total. The quantitative estimate of drug-likeness (QED) is 0.822. The molecule has 0 bridgehead atoms. The first-order valence-electron chi connectivity index (χ1n) is 6.71. The predicted molar refractivity (Wildman–Crippen MR) is 68.6 cm³/mol. The molecule has 1 saturated carbocycles. The fourth-order valence-corrected chi connectivity index (χ4v) is 2.90. The summed E-state index contributed by atoms with van der Waals surface area (Å²) in [6.45, 7) is 5.77. The zero-order valence-corrected chi connectivity index (χ0v) is 11.5. The van der Waals surface area contributed by atoms with Crippen molar-refractivity contribution in [2.75, 3.05) is 0 Å². The monoisotopic (exact) mass is 266 g/mol. The minimum absolute atomic E-state index is 0.0339. The van der Waals surface area contributed by atoms with E-state index >= 15 is 0 Å². The van der Waals surface area contributed by atoms with Crippen LogP contribution in [0, 0.1) is 12.7 Å². The largest absolute Gasteiger partial charge is 0.490 e. The number of hydrogen-bond donors (Lipinski definition) is 0. The molecule has 0 radical (unpaired) electrons. The van der Waals surface area contributed by atoms with Crippen LogP contribution in [-0.2, 0) is 9.47 Å². The van der Waals surface area contributed by atoms with Gasteiger partial charge in [-0.3, -0.25) is 0 Å². The lowest BCUT2D eigenvalue weighted by atomic mass is 10.2. The maximum absolute atomic E-state index is 13.2. The summed E-state index contributed by atoms with van der Waals surface area (Å²) < 4.78 is 30.8. The standard InChI is InChI=1S/C15H19FO3/c1-9-4-5-10(16)6-12(9)17-11-7-13-14(8-11)19-15(2,3)18-13/h4-6,11,13-14H,7-8H2,1-3H3/t11-,13-,14+. The van der Waals surface area contributed by atoms with E-state index in [4.69, 9.17) is 14.2 Å². The third-order valence-corrected chi connectivity index (χ3v) is 3.72. The van der Waals surface area contributed by atoms with E-state index in [0.29, 0.717) is 5.75 Å². The van der Waals surface area contributed by atoms with E-state index in [1.54, 1.807) is 6.07 Å². The van der Waals surface area contributed by atoms with E-state index in [-0.39, 0.29) is 24.1 Å². The first-order valence-corrected chi connectivity index (χ1v) is 6.71. The van der Waals surface area contributed by atoms with Crippen LogP contribution in [-0.4, -0.2) is 24.1 Å². The third kappa shape index (κ3) is 2.60. The number of ether oxygens (including phenoxy) is 3. The molecule has 3 atom stereocenters. The highest BCUT2D eigenvalue weighted by molar-refractivity contribution is 5.33. The van der Waals surface area contributed by atoms with Crippen LogP contribution in [0.15, 0.2) is 18.2 Å². The molecule has 3 rings (SSSR count). The molecule has 2 fully saturated rings. The van der Waals surface area contributed by atoms with Crippen molar-refractivity contribution in [3.05, 3.63) is 29.6 Å². The third-order valence-electron chi connectivity index (χ3n) is 3.72. The molecule has 4 heteroatoms. The van der Waals surface area contributed by atoms with Gasteiger partial charge in [-0.25, -0.2) is 4.39 Å². The average Bonchev–Trinajstić information content (AvgIpc) is 2.76. The molecule has 3 nitrogen and oxygen atoms in total. The molecule has 1 saturated heterocycles. The lowest BCUT2D eigenvalue weighted by molar-refractivity contribution is -0.155. The molecule has 2 aliphatic rings. The SMILES string of the molecule is Cc1ccc(F)cc1O[C@H]1C[C@@H]2OC(C)(C)O[C@@H]2C1. The van der Waals surface area contributed by atoms with E-state index < -0.39 is 5.79 Å². The summed E-state index contributed by atoms with van der Waals surface area (Å²) in [6, 6.07) is 4.62. The number of aryl methyl sites for hydroxylation is 1. The van der Waals surface area contributed by atoms with Crippen LogP contribution < -0.4 is 4.74 Å². The molecule has 0 unspecified atom stereocenters. The van der Waals surface area contributed by atoms with Gasteiger partial charge in [0.15, 0.2) is 5.79 Å². The normalized spacial score (nSPS) is 32.3. The van der Waals surface area contributed by atoms with Crippen LogP contribution in [0.3, 0.4) is 0 Å². The molecular weight excluding hydrogens is 247 g/mol. The fraction of sp³-hybridized carbons (Fsp3) is 0.600. The minimum atomic E-state index is -0.491. The van der Waals surface area contributed by atoms with Gasteiger partial charge in [0.1, 0.15) is 17.7 Å². The van der Waals surface area contributed by atoms with E-state index in [1.165, 1.54) is 12.1 Å². The van der Waals surface area contributed by atoms with Gasteiger partial charge < -0.3 is 14.2 Å². The van der Waals surface area contributed by atoms with Crippen molar-refractivity contribution in [2.45, 2.75) is 57.7 Å². The fourth-order valence-electron chi connectivity index (χ4n) is 2.90. The number of benzene rings is 1. The zero-order valence-electron chi connectivity index (χ0n) is 11.5. The summed E-state index contributed by atoms with van der Waals surface area (Å²) in [5.41, 5.74) is 0.945. The van der Waals surface area contributed by atoms with Crippen molar-refractivity contribution in [3.8, 4) is 5.75 Å². The molecule has 1 aliphatic heterocycles. The Morgan fingerprint density at radius 2 is 1.84 bits per heavy atom. The maximum atomic E-state index is 13.2. The Morgan fingerprint density at radius 3 is 2.47 bits per heavy atom. The predicted octanol–water partition coefficient (Wildman–Crippen LogP) is 3.20. The summed E-state index contributed by atoms with van der Waals surface area (Å²) in [7, 11) is 0. The molecule has 19 heavy (non-hydrogen) atoms. The summed E-state index contributed by atoms with van der Waals surface area (Å²) in [4.78, 5) is 0. The second-order valence-electron chi connectivity index (χ2n) is 5.83. The minimum Gasteiger partial charge on any atom is -0.490 e. The van der Waals surface area contributed by atoms with Crippen LogP contribution in [0.4, 0.5) is 4.39 Å². The van der Waals surface area contributed by atoms with E-state index in [0.717, 1.165) is 18.4 Å². The van der Waals surface area contributed by atoms with Gasteiger partial charge in [-0.05, 0) is 32.4 Å². The Bertz CT molecular complexity index is 470. The lowest BCUT2D eigenvalue weighted by Gasteiger charge is -2.21. The highest BCUT2D eigenvalue weighted by atomic mass is 19.1. The van der Waals surface area contributed by atoms with Crippen LogP contribution in [0.25, 0.3) is 0 Å². The van der Waals surface area contributed by atoms with Crippen molar-refractivity contribution in [1.82, 2.24) is 0 Å². The second-order valence-corrected chi connectivity index (χ2v) is 5.83. The summed E-state index contributed by atoms with van der Waals surface area (Å²) >= 11 is 0. The first kappa shape index (κ1) is 12.9. The van der Waals surface area contributed by atoms with Crippen LogP contribution >= 0.6 is 0 Å². The molecule has 1 heterocycles. The van der Waals surface area contributed by atoms with E-state index in [2.05, 4.69) is 0 Å². The average molecular weight is 266 g/mol. The van der Waals surface area contributed by atoms with Gasteiger partial charge in [-0.1, -0.05) is 6.07 Å². The highest BCUT2D eigenvalue weighted by Gasteiger charge is 2.48. The zero-order chi connectivity index (χ0) is 13.6. The van der Waals surface area contributed by atoms with Crippen LogP contribution in [0.5, 0.6) is 5.75 Å². The number of halogens is 1. The van der Waals surface area contributed by atoms with Gasteiger partial charge >= 0.3 is 0 Å². The van der Waals surface area contributed by atoms with Crippen molar-refractivity contribution >= 4 is 0 Å². The molecule has 0 aromatic heterocycles. The smallest absolute Gasteiger partial charge is 0.163 e.